The predicted octanol–water partition coefficient (Wildman–Crippen LogP) is 3.68. The van der Waals surface area contributed by atoms with E-state index in [0.717, 1.165) is 28.5 Å². The van der Waals surface area contributed by atoms with E-state index in [9.17, 15) is 0 Å². The fraction of sp³-hybridized carbons (Fsp3) is 0.200. The van der Waals surface area contributed by atoms with E-state index in [1.54, 1.807) is 6.20 Å². The molecule has 0 atom stereocenters. The van der Waals surface area contributed by atoms with Crippen molar-refractivity contribution < 1.29 is 9.26 Å². The minimum atomic E-state index is 0.628. The average molecular weight is 254 g/mol. The molecule has 0 fully saturated rings. The first kappa shape index (κ1) is 11.7. The van der Waals surface area contributed by atoms with E-state index in [0.29, 0.717) is 12.4 Å². The highest BCUT2D eigenvalue weighted by Gasteiger charge is 2.14. The van der Waals surface area contributed by atoms with Crippen LogP contribution >= 0.6 is 0 Å². The van der Waals surface area contributed by atoms with Crippen LogP contribution in [0.1, 0.15) is 13.3 Å². The van der Waals surface area contributed by atoms with Crippen LogP contribution in [-0.4, -0.2) is 17.0 Å². The summed E-state index contributed by atoms with van der Waals surface area (Å²) < 4.78 is 11.0. The molecule has 4 nitrogen and oxygen atoms in total. The Morgan fingerprint density at radius 3 is 2.84 bits per heavy atom. The molecule has 0 aliphatic carbocycles. The first-order valence-electron chi connectivity index (χ1n) is 6.32. The van der Waals surface area contributed by atoms with Gasteiger partial charge in [0, 0.05) is 5.27 Å². The maximum Gasteiger partial charge on any atom is 0.191 e. The molecule has 0 spiro atoms. The van der Waals surface area contributed by atoms with Crippen molar-refractivity contribution in [2.24, 2.45) is 0 Å². The fourth-order valence-electron chi connectivity index (χ4n) is 2.12. The molecule has 0 amide bonds. The lowest BCUT2D eigenvalue weighted by Crippen LogP contribution is -1.97. The molecule has 0 N–H and O–H groups in total. The number of ether oxygens (including phenoxy) is 1. The van der Waals surface area contributed by atoms with E-state index in [-0.39, 0.29) is 0 Å². The summed E-state index contributed by atoms with van der Waals surface area (Å²) in [5.41, 5.74) is 0.913. The minimum Gasteiger partial charge on any atom is -0.493 e. The topological polar surface area (TPSA) is 48.2 Å². The monoisotopic (exact) mass is 254 g/mol. The summed E-state index contributed by atoms with van der Waals surface area (Å²) in [6, 6.07) is 12.1. The van der Waals surface area contributed by atoms with E-state index in [2.05, 4.69) is 23.4 Å². The zero-order chi connectivity index (χ0) is 13.1. The van der Waals surface area contributed by atoms with Gasteiger partial charge in [0.2, 0.25) is 0 Å². The molecular weight excluding hydrogens is 240 g/mol. The van der Waals surface area contributed by atoms with Gasteiger partial charge < -0.3 is 9.26 Å². The van der Waals surface area contributed by atoms with Crippen molar-refractivity contribution in [2.75, 3.05) is 6.61 Å². The van der Waals surface area contributed by atoms with Crippen molar-refractivity contribution in [3.63, 3.8) is 0 Å². The van der Waals surface area contributed by atoms with Gasteiger partial charge in [-0.2, -0.15) is 0 Å². The Morgan fingerprint density at radius 1 is 1.16 bits per heavy atom. The van der Waals surface area contributed by atoms with Gasteiger partial charge in [-0.3, -0.25) is 0 Å². The van der Waals surface area contributed by atoms with Gasteiger partial charge in [-0.25, -0.2) is 0 Å². The molecular formula is C15H14N2O2. The van der Waals surface area contributed by atoms with Crippen molar-refractivity contribution in [3.05, 3.63) is 42.6 Å². The highest BCUT2D eigenvalue weighted by Crippen LogP contribution is 2.36. The third kappa shape index (κ3) is 2.17. The Kier molecular flexibility index (Phi) is 3.14. The number of hydrogen-bond acceptors (Lipinski definition) is 4. The molecule has 0 aliphatic rings. The maximum absolute atomic E-state index is 5.80. The molecule has 2 aromatic carbocycles. The van der Waals surface area contributed by atoms with Crippen LogP contribution in [-0.2, 0) is 0 Å². The number of fused-ring (bicyclic) bond motifs is 1. The summed E-state index contributed by atoms with van der Waals surface area (Å²) in [4.78, 5) is 0. The molecule has 1 heterocycles. The van der Waals surface area contributed by atoms with E-state index < -0.39 is 0 Å². The summed E-state index contributed by atoms with van der Waals surface area (Å²) in [5.74, 6) is 1.43. The second-order valence-corrected chi connectivity index (χ2v) is 4.29. The van der Waals surface area contributed by atoms with Crippen LogP contribution < -0.4 is 4.74 Å². The van der Waals surface area contributed by atoms with Crippen LogP contribution in [0.3, 0.4) is 0 Å². The van der Waals surface area contributed by atoms with Crippen LogP contribution in [0, 0.1) is 0 Å². The molecule has 0 bridgehead atoms. The van der Waals surface area contributed by atoms with Crippen molar-refractivity contribution in [1.29, 1.82) is 0 Å². The minimum absolute atomic E-state index is 0.628. The Balaban J connectivity index is 2.22. The molecule has 0 radical (unpaired) electrons. The second-order valence-electron chi connectivity index (χ2n) is 4.29. The summed E-state index contributed by atoms with van der Waals surface area (Å²) in [6.45, 7) is 2.75. The highest BCUT2D eigenvalue weighted by molar-refractivity contribution is 5.98. The molecule has 0 saturated heterocycles. The number of rotatable bonds is 4. The Bertz CT molecular complexity index is 678. The van der Waals surface area contributed by atoms with Crippen LogP contribution in [0.2, 0.25) is 0 Å². The second kappa shape index (κ2) is 5.10. The molecule has 3 aromatic rings. The average Bonchev–Trinajstić information content (AvgIpc) is 2.98. The van der Waals surface area contributed by atoms with Gasteiger partial charge in [0.25, 0.3) is 0 Å². The predicted molar refractivity (Wildman–Crippen MR) is 73.0 cm³/mol. The number of hydrogen-bond donors (Lipinski definition) is 0. The molecule has 1 aromatic heterocycles. The summed E-state index contributed by atoms with van der Waals surface area (Å²) in [5, 5.41) is 9.52. The van der Waals surface area contributed by atoms with Crippen molar-refractivity contribution in [3.8, 4) is 17.1 Å². The maximum atomic E-state index is 5.80. The SMILES string of the molecule is CCCOc1ccc2ccccc2c1-c1cnno1. The van der Waals surface area contributed by atoms with E-state index in [1.807, 2.05) is 30.3 Å². The Labute approximate surface area is 111 Å². The fourth-order valence-corrected chi connectivity index (χ4v) is 2.12. The van der Waals surface area contributed by atoms with Crippen LogP contribution in [0.4, 0.5) is 0 Å². The van der Waals surface area contributed by atoms with E-state index in [1.165, 1.54) is 0 Å². The number of aromatic nitrogens is 2. The van der Waals surface area contributed by atoms with Crippen LogP contribution in [0.5, 0.6) is 5.75 Å². The third-order valence-electron chi connectivity index (χ3n) is 2.96. The summed E-state index contributed by atoms with van der Waals surface area (Å²) in [7, 11) is 0. The molecule has 3 rings (SSSR count). The Hall–Kier alpha value is -2.36. The Morgan fingerprint density at radius 2 is 2.05 bits per heavy atom. The quantitative estimate of drug-likeness (QED) is 0.712. The zero-order valence-electron chi connectivity index (χ0n) is 10.7. The lowest BCUT2D eigenvalue weighted by Gasteiger charge is -2.11. The van der Waals surface area contributed by atoms with E-state index in [4.69, 9.17) is 9.26 Å². The number of benzene rings is 2. The molecule has 4 heteroatoms. The van der Waals surface area contributed by atoms with Gasteiger partial charge >= 0.3 is 0 Å². The lowest BCUT2D eigenvalue weighted by atomic mass is 10.0. The highest BCUT2D eigenvalue weighted by atomic mass is 16.5. The first-order valence-corrected chi connectivity index (χ1v) is 6.32. The van der Waals surface area contributed by atoms with Crippen molar-refractivity contribution >= 4 is 10.8 Å². The normalized spacial score (nSPS) is 10.8. The van der Waals surface area contributed by atoms with Gasteiger partial charge in [-0.15, -0.1) is 5.10 Å². The smallest absolute Gasteiger partial charge is 0.191 e. The molecule has 0 unspecified atom stereocenters. The van der Waals surface area contributed by atoms with E-state index >= 15 is 0 Å². The van der Waals surface area contributed by atoms with Crippen LogP contribution in [0.15, 0.2) is 47.1 Å². The molecule has 0 aliphatic heterocycles. The van der Waals surface area contributed by atoms with Crippen LogP contribution in [0.25, 0.3) is 22.1 Å². The third-order valence-corrected chi connectivity index (χ3v) is 2.96. The van der Waals surface area contributed by atoms with Crippen molar-refractivity contribution in [2.45, 2.75) is 13.3 Å². The summed E-state index contributed by atoms with van der Waals surface area (Å²) >= 11 is 0. The van der Waals surface area contributed by atoms with Gasteiger partial charge in [0.15, 0.2) is 5.76 Å². The standard InChI is InChI=1S/C15H14N2O2/c1-2-9-18-13-8-7-11-5-3-4-6-12(11)15(13)14-10-16-17-19-14/h3-8,10H,2,9H2,1H3. The summed E-state index contributed by atoms with van der Waals surface area (Å²) in [6.07, 6.45) is 2.57. The number of nitrogens with zero attached hydrogens (tertiary/aromatic N) is 2. The van der Waals surface area contributed by atoms with Gasteiger partial charge in [0.05, 0.1) is 18.4 Å². The van der Waals surface area contributed by atoms with Gasteiger partial charge in [0.1, 0.15) is 5.75 Å². The zero-order valence-corrected chi connectivity index (χ0v) is 10.7. The molecule has 19 heavy (non-hydrogen) atoms. The molecule has 0 saturated carbocycles. The first-order chi connectivity index (χ1) is 9.40. The largest absolute Gasteiger partial charge is 0.493 e. The lowest BCUT2D eigenvalue weighted by molar-refractivity contribution is 0.317. The molecule has 96 valence electrons. The van der Waals surface area contributed by atoms with Gasteiger partial charge in [-0.05, 0) is 23.3 Å². The van der Waals surface area contributed by atoms with Gasteiger partial charge in [-0.1, -0.05) is 37.3 Å². The van der Waals surface area contributed by atoms with Crippen molar-refractivity contribution in [1.82, 2.24) is 10.4 Å².